The molecule has 0 aliphatic carbocycles. The Hall–Kier alpha value is -2.62. The molecule has 1 aliphatic rings. The predicted octanol–water partition coefficient (Wildman–Crippen LogP) is 3.46. The third-order valence-corrected chi connectivity index (χ3v) is 4.31. The van der Waals surface area contributed by atoms with Crippen LogP contribution in [-0.4, -0.2) is 28.4 Å². The number of carboxylic acid groups (broad SMARTS) is 1. The third kappa shape index (κ3) is 2.61. The highest BCUT2D eigenvalue weighted by molar-refractivity contribution is 6.00. The van der Waals surface area contributed by atoms with Crippen LogP contribution in [0, 0.1) is 0 Å². The quantitative estimate of drug-likeness (QED) is 0.941. The van der Waals surface area contributed by atoms with Crippen molar-refractivity contribution in [2.24, 2.45) is 0 Å². The standard InChI is InChI=1S/C19H19NO3/c1-2-12-20-17(13-8-4-3-5-9-13)16(19(22)23)14-10-6-7-11-15(14)18(20)21/h3-11,16-17H,2,12H2,1H3,(H,22,23)/t16-,17+/m1/s1. The zero-order valence-corrected chi connectivity index (χ0v) is 13.0. The van der Waals surface area contributed by atoms with E-state index < -0.39 is 17.9 Å². The fourth-order valence-corrected chi connectivity index (χ4v) is 3.37. The Morgan fingerprint density at radius 3 is 2.39 bits per heavy atom. The van der Waals surface area contributed by atoms with Gasteiger partial charge in [0.25, 0.3) is 5.91 Å². The number of aliphatic carboxylic acids is 1. The molecule has 1 heterocycles. The summed E-state index contributed by atoms with van der Waals surface area (Å²) in [4.78, 5) is 26.6. The summed E-state index contributed by atoms with van der Waals surface area (Å²) in [6.07, 6.45) is 0.781. The number of carboxylic acids is 1. The van der Waals surface area contributed by atoms with Crippen molar-refractivity contribution < 1.29 is 14.7 Å². The fourth-order valence-electron chi connectivity index (χ4n) is 3.37. The van der Waals surface area contributed by atoms with E-state index in [-0.39, 0.29) is 5.91 Å². The molecule has 0 aromatic heterocycles. The fraction of sp³-hybridized carbons (Fsp3) is 0.263. The van der Waals surface area contributed by atoms with E-state index in [4.69, 9.17) is 0 Å². The highest BCUT2D eigenvalue weighted by Crippen LogP contribution is 2.42. The van der Waals surface area contributed by atoms with Gasteiger partial charge in [0, 0.05) is 12.1 Å². The Labute approximate surface area is 135 Å². The van der Waals surface area contributed by atoms with E-state index in [2.05, 4.69) is 0 Å². The number of nitrogens with zero attached hydrogens (tertiary/aromatic N) is 1. The molecule has 0 saturated heterocycles. The number of amides is 1. The van der Waals surface area contributed by atoms with Crippen LogP contribution in [0.1, 0.15) is 46.8 Å². The van der Waals surface area contributed by atoms with Gasteiger partial charge < -0.3 is 10.0 Å². The van der Waals surface area contributed by atoms with Gasteiger partial charge in [0.15, 0.2) is 0 Å². The lowest BCUT2D eigenvalue weighted by atomic mass is 9.79. The molecule has 1 aliphatic heterocycles. The maximum absolute atomic E-state index is 12.9. The lowest BCUT2D eigenvalue weighted by Gasteiger charge is -2.40. The average molecular weight is 309 g/mol. The Balaban J connectivity index is 2.20. The molecule has 0 bridgehead atoms. The van der Waals surface area contributed by atoms with Crippen molar-refractivity contribution in [3.63, 3.8) is 0 Å². The van der Waals surface area contributed by atoms with Crippen molar-refractivity contribution in [1.29, 1.82) is 0 Å². The van der Waals surface area contributed by atoms with Crippen molar-refractivity contribution in [3.8, 4) is 0 Å². The van der Waals surface area contributed by atoms with Gasteiger partial charge in [-0.1, -0.05) is 55.5 Å². The lowest BCUT2D eigenvalue weighted by Crippen LogP contribution is -2.45. The van der Waals surface area contributed by atoms with Gasteiger partial charge in [0.1, 0.15) is 5.92 Å². The van der Waals surface area contributed by atoms with Crippen LogP contribution in [-0.2, 0) is 4.79 Å². The van der Waals surface area contributed by atoms with Gasteiger partial charge in [-0.3, -0.25) is 9.59 Å². The van der Waals surface area contributed by atoms with Crippen molar-refractivity contribution in [2.45, 2.75) is 25.3 Å². The predicted molar refractivity (Wildman–Crippen MR) is 87.3 cm³/mol. The summed E-state index contributed by atoms with van der Waals surface area (Å²) in [7, 11) is 0. The van der Waals surface area contributed by atoms with Crippen molar-refractivity contribution >= 4 is 11.9 Å². The molecule has 0 unspecified atom stereocenters. The number of hydrogen-bond acceptors (Lipinski definition) is 2. The first-order chi connectivity index (χ1) is 11.1. The molecule has 0 saturated carbocycles. The van der Waals surface area contributed by atoms with Crippen LogP contribution in [0.2, 0.25) is 0 Å². The monoisotopic (exact) mass is 309 g/mol. The minimum atomic E-state index is -0.903. The summed E-state index contributed by atoms with van der Waals surface area (Å²) in [6, 6.07) is 16.0. The second-order valence-corrected chi connectivity index (χ2v) is 5.76. The van der Waals surface area contributed by atoms with E-state index in [1.165, 1.54) is 0 Å². The lowest BCUT2D eigenvalue weighted by molar-refractivity contribution is -0.140. The highest BCUT2D eigenvalue weighted by Gasteiger charge is 2.43. The minimum absolute atomic E-state index is 0.0891. The Morgan fingerprint density at radius 2 is 1.74 bits per heavy atom. The second kappa shape index (κ2) is 6.24. The van der Waals surface area contributed by atoms with E-state index in [0.29, 0.717) is 17.7 Å². The third-order valence-electron chi connectivity index (χ3n) is 4.31. The van der Waals surface area contributed by atoms with Crippen molar-refractivity contribution in [3.05, 3.63) is 71.3 Å². The molecule has 2 aromatic rings. The topological polar surface area (TPSA) is 57.6 Å². The molecule has 4 nitrogen and oxygen atoms in total. The molecule has 1 N–H and O–H groups in total. The summed E-state index contributed by atoms with van der Waals surface area (Å²) < 4.78 is 0. The molecule has 3 rings (SSSR count). The zero-order chi connectivity index (χ0) is 16.4. The van der Waals surface area contributed by atoms with Crippen LogP contribution < -0.4 is 0 Å². The number of benzene rings is 2. The molecule has 2 aromatic carbocycles. The molecular weight excluding hydrogens is 290 g/mol. The molecule has 4 heteroatoms. The Morgan fingerprint density at radius 1 is 1.09 bits per heavy atom. The summed E-state index contributed by atoms with van der Waals surface area (Å²) in [5.74, 6) is -1.74. The first-order valence-corrected chi connectivity index (χ1v) is 7.82. The van der Waals surface area contributed by atoms with Crippen LogP contribution in [0.15, 0.2) is 54.6 Å². The molecule has 1 amide bonds. The van der Waals surface area contributed by atoms with Gasteiger partial charge in [-0.25, -0.2) is 0 Å². The van der Waals surface area contributed by atoms with E-state index in [0.717, 1.165) is 12.0 Å². The second-order valence-electron chi connectivity index (χ2n) is 5.76. The van der Waals surface area contributed by atoms with Crippen LogP contribution in [0.4, 0.5) is 0 Å². The first kappa shape index (κ1) is 15.3. The van der Waals surface area contributed by atoms with Gasteiger partial charge in [0.2, 0.25) is 0 Å². The summed E-state index contributed by atoms with van der Waals surface area (Å²) in [5, 5.41) is 9.85. The number of fused-ring (bicyclic) bond motifs is 1. The normalized spacial score (nSPS) is 20.2. The number of carbonyl (C=O) groups excluding carboxylic acids is 1. The average Bonchev–Trinajstić information content (AvgIpc) is 2.57. The number of carbonyl (C=O) groups is 2. The van der Waals surface area contributed by atoms with Gasteiger partial charge in [-0.2, -0.15) is 0 Å². The summed E-state index contributed by atoms with van der Waals surface area (Å²) in [6.45, 7) is 2.53. The summed E-state index contributed by atoms with van der Waals surface area (Å²) >= 11 is 0. The minimum Gasteiger partial charge on any atom is -0.481 e. The summed E-state index contributed by atoms with van der Waals surface area (Å²) in [5.41, 5.74) is 1.96. The number of hydrogen-bond donors (Lipinski definition) is 1. The number of rotatable bonds is 4. The van der Waals surface area contributed by atoms with Crippen LogP contribution in [0.25, 0.3) is 0 Å². The van der Waals surface area contributed by atoms with Crippen LogP contribution >= 0.6 is 0 Å². The van der Waals surface area contributed by atoms with Crippen molar-refractivity contribution in [1.82, 2.24) is 4.90 Å². The molecule has 0 radical (unpaired) electrons. The van der Waals surface area contributed by atoms with E-state index in [9.17, 15) is 14.7 Å². The molecule has 23 heavy (non-hydrogen) atoms. The van der Waals surface area contributed by atoms with Gasteiger partial charge >= 0.3 is 5.97 Å². The SMILES string of the molecule is CCCN1C(=O)c2ccccc2[C@@H](C(=O)O)[C@@H]1c1ccccc1. The molecule has 0 fully saturated rings. The Bertz CT molecular complexity index is 726. The molecule has 118 valence electrons. The molecule has 2 atom stereocenters. The van der Waals surface area contributed by atoms with E-state index in [1.54, 1.807) is 29.2 Å². The molecule has 0 spiro atoms. The van der Waals surface area contributed by atoms with Crippen LogP contribution in [0.3, 0.4) is 0 Å². The maximum Gasteiger partial charge on any atom is 0.313 e. The van der Waals surface area contributed by atoms with E-state index in [1.807, 2.05) is 37.3 Å². The maximum atomic E-state index is 12.9. The molecular formula is C19H19NO3. The smallest absolute Gasteiger partial charge is 0.313 e. The Kier molecular flexibility index (Phi) is 4.15. The zero-order valence-electron chi connectivity index (χ0n) is 13.0. The van der Waals surface area contributed by atoms with E-state index >= 15 is 0 Å². The van der Waals surface area contributed by atoms with Crippen molar-refractivity contribution in [2.75, 3.05) is 6.54 Å². The highest BCUT2D eigenvalue weighted by atomic mass is 16.4. The van der Waals surface area contributed by atoms with Gasteiger partial charge in [-0.05, 0) is 23.6 Å². The van der Waals surface area contributed by atoms with Crippen LogP contribution in [0.5, 0.6) is 0 Å². The first-order valence-electron chi connectivity index (χ1n) is 7.82. The van der Waals surface area contributed by atoms with Gasteiger partial charge in [0.05, 0.1) is 6.04 Å². The largest absolute Gasteiger partial charge is 0.481 e. The van der Waals surface area contributed by atoms with Gasteiger partial charge in [-0.15, -0.1) is 0 Å².